The lowest BCUT2D eigenvalue weighted by atomic mass is 10.1. The molecule has 0 aliphatic rings. The second kappa shape index (κ2) is 6.59. The molecule has 4 N–H and O–H groups in total. The molecule has 4 heteroatoms. The molecule has 1 aromatic carbocycles. The number of nitrogen functional groups attached to an aromatic ring is 1. The third-order valence-corrected chi connectivity index (χ3v) is 4.06. The topological polar surface area (TPSA) is 64.9 Å². The van der Waals surface area contributed by atoms with Crippen LogP contribution in [0.2, 0.25) is 0 Å². The molecule has 100 valence electrons. The van der Waals surface area contributed by atoms with Gasteiger partial charge in [0.1, 0.15) is 0 Å². The maximum Gasteiger partial charge on any atom is 0.0378 e. The number of anilines is 1. The number of aryl methyl sites for hydroxylation is 1. The minimum Gasteiger partial charge on any atom is -0.398 e. The summed E-state index contributed by atoms with van der Waals surface area (Å²) in [5.74, 6) is 0.873. The van der Waals surface area contributed by atoms with Crippen LogP contribution in [0.5, 0.6) is 0 Å². The maximum absolute atomic E-state index is 6.16. The summed E-state index contributed by atoms with van der Waals surface area (Å²) in [5, 5.41) is 0. The summed E-state index contributed by atoms with van der Waals surface area (Å²) >= 11 is 1.78. The van der Waals surface area contributed by atoms with Crippen LogP contribution in [0, 0.1) is 6.92 Å². The molecule has 19 heavy (non-hydrogen) atoms. The van der Waals surface area contributed by atoms with Crippen molar-refractivity contribution in [1.29, 1.82) is 0 Å². The SMILES string of the molecule is Cc1cccc(SCC(N)Cc2cnccc2N)c1. The molecule has 1 heterocycles. The zero-order valence-electron chi connectivity index (χ0n) is 11.0. The van der Waals surface area contributed by atoms with Gasteiger partial charge in [0.15, 0.2) is 0 Å². The van der Waals surface area contributed by atoms with Crippen LogP contribution in [0.1, 0.15) is 11.1 Å². The number of benzene rings is 1. The molecular weight excluding hydrogens is 254 g/mol. The molecule has 1 unspecified atom stereocenters. The van der Waals surface area contributed by atoms with Gasteiger partial charge in [0.25, 0.3) is 0 Å². The van der Waals surface area contributed by atoms with E-state index in [-0.39, 0.29) is 6.04 Å². The Kier molecular flexibility index (Phi) is 4.82. The van der Waals surface area contributed by atoms with E-state index >= 15 is 0 Å². The third kappa shape index (κ3) is 4.26. The largest absolute Gasteiger partial charge is 0.398 e. The molecule has 0 saturated heterocycles. The molecule has 0 spiro atoms. The van der Waals surface area contributed by atoms with E-state index in [1.54, 1.807) is 24.2 Å². The summed E-state index contributed by atoms with van der Waals surface area (Å²) in [4.78, 5) is 5.34. The number of rotatable bonds is 5. The molecule has 0 saturated carbocycles. The normalized spacial score (nSPS) is 12.3. The summed E-state index contributed by atoms with van der Waals surface area (Å²) in [5.41, 5.74) is 15.1. The molecular formula is C15H19N3S. The minimum atomic E-state index is 0.0806. The van der Waals surface area contributed by atoms with Gasteiger partial charge in [0.05, 0.1) is 0 Å². The summed E-state index contributed by atoms with van der Waals surface area (Å²) in [6.07, 6.45) is 4.26. The quantitative estimate of drug-likeness (QED) is 0.822. The Labute approximate surface area is 118 Å². The molecule has 0 aliphatic heterocycles. The van der Waals surface area contributed by atoms with Crippen molar-refractivity contribution in [3.05, 3.63) is 53.9 Å². The van der Waals surface area contributed by atoms with Crippen LogP contribution in [-0.2, 0) is 6.42 Å². The van der Waals surface area contributed by atoms with Crippen LogP contribution in [0.3, 0.4) is 0 Å². The maximum atomic E-state index is 6.16. The second-order valence-electron chi connectivity index (χ2n) is 4.67. The third-order valence-electron chi connectivity index (χ3n) is 2.88. The van der Waals surface area contributed by atoms with Crippen LogP contribution in [0.25, 0.3) is 0 Å². The van der Waals surface area contributed by atoms with Crippen molar-refractivity contribution in [2.75, 3.05) is 11.5 Å². The van der Waals surface area contributed by atoms with E-state index in [4.69, 9.17) is 11.5 Å². The number of aromatic nitrogens is 1. The predicted molar refractivity (Wildman–Crippen MR) is 82.2 cm³/mol. The molecule has 0 amide bonds. The van der Waals surface area contributed by atoms with E-state index in [1.807, 2.05) is 6.07 Å². The van der Waals surface area contributed by atoms with Crippen LogP contribution >= 0.6 is 11.8 Å². The number of nitrogens with two attached hydrogens (primary N) is 2. The van der Waals surface area contributed by atoms with Crippen LogP contribution in [-0.4, -0.2) is 16.8 Å². The Bertz CT molecular complexity index is 542. The molecule has 1 aromatic heterocycles. The number of hydrogen-bond acceptors (Lipinski definition) is 4. The molecule has 2 rings (SSSR count). The lowest BCUT2D eigenvalue weighted by Gasteiger charge is -2.12. The highest BCUT2D eigenvalue weighted by atomic mass is 32.2. The summed E-state index contributed by atoms with van der Waals surface area (Å²) in [7, 11) is 0. The van der Waals surface area contributed by atoms with Gasteiger partial charge in [0.2, 0.25) is 0 Å². The highest BCUT2D eigenvalue weighted by Gasteiger charge is 2.07. The highest BCUT2D eigenvalue weighted by Crippen LogP contribution is 2.21. The van der Waals surface area contributed by atoms with Crippen LogP contribution in [0.15, 0.2) is 47.6 Å². The van der Waals surface area contributed by atoms with Gasteiger partial charge >= 0.3 is 0 Å². The molecule has 3 nitrogen and oxygen atoms in total. The summed E-state index contributed by atoms with van der Waals surface area (Å²) in [6.45, 7) is 2.10. The van der Waals surface area contributed by atoms with E-state index in [0.29, 0.717) is 0 Å². The number of thioether (sulfide) groups is 1. The average molecular weight is 273 g/mol. The molecule has 0 bridgehead atoms. The first-order valence-electron chi connectivity index (χ1n) is 6.28. The summed E-state index contributed by atoms with van der Waals surface area (Å²) in [6, 6.07) is 10.4. The van der Waals surface area contributed by atoms with Gasteiger partial charge in [0, 0.05) is 34.8 Å². The Balaban J connectivity index is 1.88. The van der Waals surface area contributed by atoms with Crippen LogP contribution in [0.4, 0.5) is 5.69 Å². The number of nitrogens with zero attached hydrogens (tertiary/aromatic N) is 1. The predicted octanol–water partition coefficient (Wildman–Crippen LogP) is 2.63. The molecule has 0 radical (unpaired) electrons. The zero-order valence-corrected chi connectivity index (χ0v) is 11.9. The molecule has 0 aliphatic carbocycles. The lowest BCUT2D eigenvalue weighted by molar-refractivity contribution is 0.747. The van der Waals surface area contributed by atoms with Gasteiger partial charge in [-0.05, 0) is 37.1 Å². The fourth-order valence-corrected chi connectivity index (χ4v) is 2.83. The Hall–Kier alpha value is -1.52. The highest BCUT2D eigenvalue weighted by molar-refractivity contribution is 7.99. The van der Waals surface area contributed by atoms with Crippen molar-refractivity contribution in [3.63, 3.8) is 0 Å². The van der Waals surface area contributed by atoms with Crippen molar-refractivity contribution in [1.82, 2.24) is 4.98 Å². The second-order valence-corrected chi connectivity index (χ2v) is 5.76. The first-order valence-corrected chi connectivity index (χ1v) is 7.27. The Morgan fingerprint density at radius 3 is 2.89 bits per heavy atom. The number of pyridine rings is 1. The van der Waals surface area contributed by atoms with E-state index in [0.717, 1.165) is 23.4 Å². The fraction of sp³-hybridized carbons (Fsp3) is 0.267. The standard InChI is InChI=1S/C15H19N3S/c1-11-3-2-4-14(7-11)19-10-13(16)8-12-9-18-6-5-15(12)17/h2-7,9,13H,8,10,16H2,1H3,(H2,17,18). The van der Waals surface area contributed by atoms with Crippen molar-refractivity contribution in [2.45, 2.75) is 24.3 Å². The van der Waals surface area contributed by atoms with Crippen molar-refractivity contribution in [2.24, 2.45) is 5.73 Å². The van der Waals surface area contributed by atoms with E-state index in [1.165, 1.54) is 10.5 Å². The van der Waals surface area contributed by atoms with Gasteiger partial charge in [-0.2, -0.15) is 0 Å². The van der Waals surface area contributed by atoms with Crippen molar-refractivity contribution in [3.8, 4) is 0 Å². The van der Waals surface area contributed by atoms with Crippen LogP contribution < -0.4 is 11.5 Å². The van der Waals surface area contributed by atoms with Gasteiger partial charge in [-0.3, -0.25) is 4.98 Å². The summed E-state index contributed by atoms with van der Waals surface area (Å²) < 4.78 is 0. The first-order chi connectivity index (χ1) is 9.15. The van der Waals surface area contributed by atoms with Crippen molar-refractivity contribution >= 4 is 17.4 Å². The lowest BCUT2D eigenvalue weighted by Crippen LogP contribution is -2.26. The van der Waals surface area contributed by atoms with Gasteiger partial charge < -0.3 is 11.5 Å². The smallest absolute Gasteiger partial charge is 0.0378 e. The minimum absolute atomic E-state index is 0.0806. The molecule has 1 atom stereocenters. The van der Waals surface area contributed by atoms with E-state index < -0.39 is 0 Å². The van der Waals surface area contributed by atoms with E-state index in [9.17, 15) is 0 Å². The zero-order chi connectivity index (χ0) is 13.7. The first kappa shape index (κ1) is 13.9. The van der Waals surface area contributed by atoms with Gasteiger partial charge in [-0.25, -0.2) is 0 Å². The average Bonchev–Trinajstić information content (AvgIpc) is 2.39. The Morgan fingerprint density at radius 1 is 1.32 bits per heavy atom. The van der Waals surface area contributed by atoms with Gasteiger partial charge in [-0.1, -0.05) is 17.7 Å². The Morgan fingerprint density at radius 2 is 2.16 bits per heavy atom. The van der Waals surface area contributed by atoms with E-state index in [2.05, 4.69) is 36.2 Å². The monoisotopic (exact) mass is 273 g/mol. The fourth-order valence-electron chi connectivity index (χ4n) is 1.86. The molecule has 2 aromatic rings. The number of hydrogen-bond donors (Lipinski definition) is 2. The van der Waals surface area contributed by atoms with Gasteiger partial charge in [-0.15, -0.1) is 11.8 Å². The molecule has 0 fully saturated rings. The van der Waals surface area contributed by atoms with Crippen molar-refractivity contribution < 1.29 is 0 Å².